The first kappa shape index (κ1) is 21.3. The molecule has 0 bridgehead atoms. The van der Waals surface area contributed by atoms with E-state index in [2.05, 4.69) is 4.72 Å². The fourth-order valence-corrected chi connectivity index (χ4v) is 5.24. The molecule has 1 aliphatic rings. The van der Waals surface area contributed by atoms with Crippen molar-refractivity contribution in [3.8, 4) is 5.75 Å². The summed E-state index contributed by atoms with van der Waals surface area (Å²) < 4.78 is 33.6. The van der Waals surface area contributed by atoms with Gasteiger partial charge in [0.15, 0.2) is 0 Å². The van der Waals surface area contributed by atoms with E-state index in [-0.39, 0.29) is 33.8 Å². The molecule has 1 saturated carbocycles. The van der Waals surface area contributed by atoms with Gasteiger partial charge < -0.3 is 9.52 Å². The van der Waals surface area contributed by atoms with E-state index >= 15 is 0 Å². The van der Waals surface area contributed by atoms with Crippen LogP contribution in [0.1, 0.15) is 55.0 Å². The van der Waals surface area contributed by atoms with Crippen LogP contribution in [-0.2, 0) is 10.0 Å². The highest BCUT2D eigenvalue weighted by molar-refractivity contribution is 7.89. The van der Waals surface area contributed by atoms with Crippen LogP contribution in [-0.4, -0.2) is 13.5 Å². The van der Waals surface area contributed by atoms with Crippen molar-refractivity contribution < 1.29 is 17.9 Å². The molecule has 3 aromatic rings. The monoisotopic (exact) mass is 439 g/mol. The number of nitrogens with one attached hydrogen (secondary N) is 1. The zero-order valence-corrected chi connectivity index (χ0v) is 18.0. The Bertz CT molecular complexity index is 1200. The van der Waals surface area contributed by atoms with Crippen molar-refractivity contribution in [3.05, 3.63) is 94.0 Å². The van der Waals surface area contributed by atoms with Crippen LogP contribution in [0, 0.1) is 5.92 Å². The molecule has 4 rings (SSSR count). The topological polar surface area (TPSA) is 96.6 Å². The Labute approximate surface area is 181 Å². The Morgan fingerprint density at radius 1 is 1.06 bits per heavy atom. The Balaban J connectivity index is 1.68. The molecule has 0 radical (unpaired) electrons. The van der Waals surface area contributed by atoms with Crippen molar-refractivity contribution in [1.82, 2.24) is 4.72 Å². The van der Waals surface area contributed by atoms with Crippen LogP contribution >= 0.6 is 0 Å². The van der Waals surface area contributed by atoms with Gasteiger partial charge in [0.25, 0.3) is 0 Å². The largest absolute Gasteiger partial charge is 0.507 e. The highest BCUT2D eigenvalue weighted by Crippen LogP contribution is 2.47. The average molecular weight is 440 g/mol. The lowest BCUT2D eigenvalue weighted by Gasteiger charge is -2.20. The molecule has 2 aromatic carbocycles. The molecular weight excluding hydrogens is 414 g/mol. The molecule has 1 aromatic heterocycles. The minimum absolute atomic E-state index is 0.0934. The van der Waals surface area contributed by atoms with Crippen LogP contribution in [0.25, 0.3) is 0 Å². The van der Waals surface area contributed by atoms with Crippen molar-refractivity contribution in [1.29, 1.82) is 0 Å². The van der Waals surface area contributed by atoms with Crippen molar-refractivity contribution in [3.63, 3.8) is 0 Å². The summed E-state index contributed by atoms with van der Waals surface area (Å²) in [5, 5.41) is 10.8. The maximum absolute atomic E-state index is 13.0. The fourth-order valence-electron chi connectivity index (χ4n) is 3.93. The molecule has 2 N–H and O–H groups in total. The molecular formula is C24H25NO5S. The fraction of sp³-hybridized carbons (Fsp3) is 0.292. The minimum Gasteiger partial charge on any atom is -0.507 e. The summed E-state index contributed by atoms with van der Waals surface area (Å²) in [5.41, 5.74) is 0.559. The van der Waals surface area contributed by atoms with E-state index in [1.54, 1.807) is 25.1 Å². The molecule has 0 spiro atoms. The van der Waals surface area contributed by atoms with Gasteiger partial charge in [-0.3, -0.25) is 0 Å². The van der Waals surface area contributed by atoms with E-state index in [0.717, 1.165) is 18.4 Å². The summed E-state index contributed by atoms with van der Waals surface area (Å²) in [5.74, 6) is -0.0339. The smallest absolute Gasteiger partial charge is 0.343 e. The number of rotatable bonds is 8. The first-order chi connectivity index (χ1) is 14.9. The van der Waals surface area contributed by atoms with Crippen LogP contribution in [0.5, 0.6) is 5.75 Å². The minimum atomic E-state index is -3.81. The predicted molar refractivity (Wildman–Crippen MR) is 117 cm³/mol. The molecule has 1 fully saturated rings. The number of aromatic hydroxyl groups is 1. The van der Waals surface area contributed by atoms with Crippen molar-refractivity contribution in [2.45, 2.75) is 43.0 Å². The van der Waals surface area contributed by atoms with E-state index in [4.69, 9.17) is 4.42 Å². The van der Waals surface area contributed by atoms with Crippen molar-refractivity contribution >= 4 is 10.0 Å². The van der Waals surface area contributed by atoms with Gasteiger partial charge in [-0.1, -0.05) is 55.5 Å². The third-order valence-electron chi connectivity index (χ3n) is 5.65. The molecule has 31 heavy (non-hydrogen) atoms. The summed E-state index contributed by atoms with van der Waals surface area (Å²) in [6, 6.07) is 18.2. The molecule has 1 heterocycles. The lowest BCUT2D eigenvalue weighted by Crippen LogP contribution is -2.29. The van der Waals surface area contributed by atoms with Gasteiger partial charge in [-0.2, -0.15) is 0 Å². The van der Waals surface area contributed by atoms with Crippen LogP contribution in [0.15, 0.2) is 80.8 Å². The van der Waals surface area contributed by atoms with E-state index in [1.807, 2.05) is 30.3 Å². The Kier molecular flexibility index (Phi) is 5.98. The second-order valence-corrected chi connectivity index (χ2v) is 9.57. The molecule has 0 saturated heterocycles. The molecule has 1 aliphatic carbocycles. The van der Waals surface area contributed by atoms with Crippen molar-refractivity contribution in [2.75, 3.05) is 0 Å². The van der Waals surface area contributed by atoms with Gasteiger partial charge >= 0.3 is 5.63 Å². The van der Waals surface area contributed by atoms with Crippen LogP contribution in [0.4, 0.5) is 0 Å². The first-order valence-electron chi connectivity index (χ1n) is 10.4. The van der Waals surface area contributed by atoms with Crippen molar-refractivity contribution in [2.24, 2.45) is 5.92 Å². The number of hydrogen-bond acceptors (Lipinski definition) is 5. The van der Waals surface area contributed by atoms with E-state index in [0.29, 0.717) is 6.42 Å². The number of benzene rings is 2. The zero-order valence-electron chi connectivity index (χ0n) is 17.2. The normalized spacial score (nSPS) is 16.0. The molecule has 162 valence electrons. The van der Waals surface area contributed by atoms with Gasteiger partial charge in [-0.05, 0) is 42.9 Å². The number of hydrogen-bond donors (Lipinski definition) is 2. The summed E-state index contributed by atoms with van der Waals surface area (Å²) in [6.45, 7) is 1.78. The second kappa shape index (κ2) is 8.69. The molecule has 0 amide bonds. The van der Waals surface area contributed by atoms with Crippen LogP contribution < -0.4 is 10.3 Å². The van der Waals surface area contributed by atoms with E-state index in [1.165, 1.54) is 18.2 Å². The highest BCUT2D eigenvalue weighted by atomic mass is 32.2. The van der Waals surface area contributed by atoms with Crippen LogP contribution in [0.2, 0.25) is 0 Å². The molecule has 7 heteroatoms. The molecule has 0 aliphatic heterocycles. The van der Waals surface area contributed by atoms with Gasteiger partial charge in [0.1, 0.15) is 11.5 Å². The Hall–Kier alpha value is -2.90. The SMILES string of the molecule is CCC(NS(=O)(=O)c1ccccc1)c1cc(O)c(C(c2ccccc2)C2CC2)c(=O)o1. The molecule has 6 nitrogen and oxygen atoms in total. The highest BCUT2D eigenvalue weighted by Gasteiger charge is 2.37. The van der Waals surface area contributed by atoms with E-state index in [9.17, 15) is 18.3 Å². The van der Waals surface area contributed by atoms with Gasteiger partial charge in [0.05, 0.1) is 16.5 Å². The van der Waals surface area contributed by atoms with Gasteiger partial charge in [-0.25, -0.2) is 17.9 Å². The first-order valence-corrected chi connectivity index (χ1v) is 11.9. The quantitative estimate of drug-likeness (QED) is 0.545. The zero-order chi connectivity index (χ0) is 22.0. The van der Waals surface area contributed by atoms with Gasteiger partial charge in [0, 0.05) is 12.0 Å². The summed E-state index contributed by atoms with van der Waals surface area (Å²) >= 11 is 0. The third kappa shape index (κ3) is 4.57. The second-order valence-electron chi connectivity index (χ2n) is 7.86. The summed E-state index contributed by atoms with van der Waals surface area (Å²) in [6.07, 6.45) is 2.31. The lowest BCUT2D eigenvalue weighted by molar-refractivity contribution is 0.373. The summed E-state index contributed by atoms with van der Waals surface area (Å²) in [4.78, 5) is 13.1. The molecule has 2 unspecified atom stereocenters. The average Bonchev–Trinajstić information content (AvgIpc) is 3.61. The maximum Gasteiger partial charge on any atom is 0.343 e. The molecule has 2 atom stereocenters. The Morgan fingerprint density at radius 2 is 1.68 bits per heavy atom. The van der Waals surface area contributed by atoms with E-state index < -0.39 is 21.7 Å². The van der Waals surface area contributed by atoms with Gasteiger partial charge in [-0.15, -0.1) is 0 Å². The van der Waals surface area contributed by atoms with Crippen LogP contribution in [0.3, 0.4) is 0 Å². The number of sulfonamides is 1. The third-order valence-corrected chi connectivity index (χ3v) is 7.14. The lowest BCUT2D eigenvalue weighted by atomic mass is 9.87. The predicted octanol–water partition coefficient (Wildman–Crippen LogP) is 4.32. The summed E-state index contributed by atoms with van der Waals surface area (Å²) in [7, 11) is -3.81. The Morgan fingerprint density at radius 3 is 2.23 bits per heavy atom. The van der Waals surface area contributed by atoms with Gasteiger partial charge in [0.2, 0.25) is 10.0 Å². The standard InChI is InChI=1S/C24H25NO5S/c1-2-19(25-31(28,29)18-11-7-4-8-12-18)21-15-20(26)23(24(27)30-21)22(17-13-14-17)16-9-5-3-6-10-16/h3-12,15,17,19,22,25-26H,2,13-14H2,1H3. The maximum atomic E-state index is 13.0.